The van der Waals surface area contributed by atoms with E-state index in [0.29, 0.717) is 0 Å². The van der Waals surface area contributed by atoms with Crippen LogP contribution in [-0.2, 0) is 4.79 Å². The molecular formula is C38H31AlO3. The van der Waals surface area contributed by atoms with Crippen LogP contribution >= 0.6 is 0 Å². The van der Waals surface area contributed by atoms with E-state index in [0.717, 1.165) is 56.0 Å². The van der Waals surface area contributed by atoms with Crippen LogP contribution in [0.5, 0.6) is 11.5 Å². The van der Waals surface area contributed by atoms with Crippen molar-refractivity contribution >= 4 is 21.6 Å². The SMILES string of the molecule is C=O.[CH3][Al]([O]c1c(-c2ccccc2)cccc1-c1ccccc1)[O]c1c(-c2ccccc2)cccc1-c1ccccc1. The number of benzene rings is 6. The fourth-order valence-corrected chi connectivity index (χ4v) is 6.28. The Balaban J connectivity index is 0.00000173. The van der Waals surface area contributed by atoms with Crippen LogP contribution < -0.4 is 7.58 Å². The van der Waals surface area contributed by atoms with E-state index >= 15 is 0 Å². The van der Waals surface area contributed by atoms with Crippen molar-refractivity contribution < 1.29 is 12.4 Å². The van der Waals surface area contributed by atoms with Gasteiger partial charge in [0.15, 0.2) is 0 Å². The number of para-hydroxylation sites is 2. The predicted molar refractivity (Wildman–Crippen MR) is 175 cm³/mol. The van der Waals surface area contributed by atoms with E-state index in [1.54, 1.807) is 0 Å². The predicted octanol–water partition coefficient (Wildman–Crippen LogP) is 9.75. The maximum Gasteiger partial charge on any atom is 0.853 e. The highest BCUT2D eigenvalue weighted by molar-refractivity contribution is 6.45. The average molecular weight is 563 g/mol. The molecule has 0 spiro atoms. The normalized spacial score (nSPS) is 10.2. The van der Waals surface area contributed by atoms with Crippen LogP contribution in [0.4, 0.5) is 0 Å². The van der Waals surface area contributed by atoms with Gasteiger partial charge in [0.05, 0.1) is 11.5 Å². The molecule has 204 valence electrons. The van der Waals surface area contributed by atoms with Crippen LogP contribution in [0, 0.1) is 0 Å². The lowest BCUT2D eigenvalue weighted by atomic mass is 9.97. The summed E-state index contributed by atoms with van der Waals surface area (Å²) in [5, 5.41) is 0. The molecule has 0 heterocycles. The van der Waals surface area contributed by atoms with E-state index in [-0.39, 0.29) is 0 Å². The largest absolute Gasteiger partial charge is 0.853 e. The van der Waals surface area contributed by atoms with Gasteiger partial charge in [-0.3, -0.25) is 0 Å². The molecule has 0 aliphatic heterocycles. The van der Waals surface area contributed by atoms with E-state index in [4.69, 9.17) is 12.4 Å². The van der Waals surface area contributed by atoms with Crippen molar-refractivity contribution in [3.8, 4) is 56.0 Å². The highest BCUT2D eigenvalue weighted by Gasteiger charge is 2.30. The third-order valence-corrected chi connectivity index (χ3v) is 8.07. The Kier molecular flexibility index (Phi) is 9.65. The van der Waals surface area contributed by atoms with Crippen molar-refractivity contribution in [2.24, 2.45) is 0 Å². The summed E-state index contributed by atoms with van der Waals surface area (Å²) in [7, 11) is 0. The standard InChI is InChI=1S/2C18H14O.CH2O.CH3.Al/c2*19-18-16(14-8-3-1-4-9-14)12-7-13-17(18)15-10-5-2-6-11-15;1-2;;/h2*1-13,19H;1H2;1H3;/q;;;;+2/p-2. The summed E-state index contributed by atoms with van der Waals surface area (Å²) in [6.45, 7) is 2.00. The molecule has 42 heavy (non-hydrogen) atoms. The third kappa shape index (κ3) is 6.53. The first kappa shape index (κ1) is 28.6. The zero-order valence-corrected chi connectivity index (χ0v) is 24.7. The summed E-state index contributed by atoms with van der Waals surface area (Å²) in [6.07, 6.45) is 0. The van der Waals surface area contributed by atoms with E-state index < -0.39 is 14.8 Å². The molecule has 3 nitrogen and oxygen atoms in total. The van der Waals surface area contributed by atoms with Crippen LogP contribution in [-0.4, -0.2) is 21.6 Å². The second-order valence-electron chi connectivity index (χ2n) is 9.63. The number of carbonyl (C=O) groups excluding carboxylic acids is 1. The van der Waals surface area contributed by atoms with Gasteiger partial charge in [-0.15, -0.1) is 0 Å². The zero-order chi connectivity index (χ0) is 29.1. The van der Waals surface area contributed by atoms with Gasteiger partial charge >= 0.3 is 14.8 Å². The number of hydrogen-bond donors (Lipinski definition) is 0. The second-order valence-corrected chi connectivity index (χ2v) is 11.2. The van der Waals surface area contributed by atoms with Gasteiger partial charge in [0.2, 0.25) is 0 Å². The molecule has 0 atom stereocenters. The van der Waals surface area contributed by atoms with Crippen LogP contribution in [0.3, 0.4) is 0 Å². The molecule has 0 radical (unpaired) electrons. The Labute approximate surface area is 252 Å². The molecule has 0 amide bonds. The Morgan fingerprint density at radius 3 is 0.857 bits per heavy atom. The molecular weight excluding hydrogens is 531 g/mol. The molecule has 6 rings (SSSR count). The minimum absolute atomic E-state index is 0.859. The first-order valence-corrected chi connectivity index (χ1v) is 16.0. The van der Waals surface area contributed by atoms with Crippen molar-refractivity contribution in [3.05, 3.63) is 158 Å². The summed E-state index contributed by atoms with van der Waals surface area (Å²) < 4.78 is 13.8. The molecule has 0 N–H and O–H groups in total. The topological polar surface area (TPSA) is 35.5 Å². The lowest BCUT2D eigenvalue weighted by molar-refractivity contribution is -0.0980. The lowest BCUT2D eigenvalue weighted by Gasteiger charge is -2.23. The Bertz CT molecular complexity index is 1460. The van der Waals surface area contributed by atoms with Gasteiger partial charge in [-0.2, -0.15) is 0 Å². The summed E-state index contributed by atoms with van der Waals surface area (Å²) in [6, 6.07) is 54.4. The summed E-state index contributed by atoms with van der Waals surface area (Å²) >= 11 is -2.26. The molecule has 0 bridgehead atoms. The number of carbonyl (C=O) groups is 1. The fourth-order valence-electron chi connectivity index (χ4n) is 5.06. The molecule has 6 aromatic rings. The van der Waals surface area contributed by atoms with Crippen LogP contribution in [0.1, 0.15) is 0 Å². The van der Waals surface area contributed by atoms with E-state index in [9.17, 15) is 0 Å². The molecule has 0 saturated carbocycles. The minimum Gasteiger partial charge on any atom is -0.611 e. The minimum atomic E-state index is -2.26. The van der Waals surface area contributed by atoms with Crippen molar-refractivity contribution in [1.29, 1.82) is 0 Å². The third-order valence-electron chi connectivity index (χ3n) is 6.94. The quantitative estimate of drug-likeness (QED) is 0.173. The molecule has 0 saturated heterocycles. The van der Waals surface area contributed by atoms with Crippen molar-refractivity contribution in [3.63, 3.8) is 0 Å². The Morgan fingerprint density at radius 1 is 0.381 bits per heavy atom. The first-order chi connectivity index (χ1) is 20.8. The molecule has 4 heteroatoms. The van der Waals surface area contributed by atoms with E-state index in [1.165, 1.54) is 0 Å². The fraction of sp³-hybridized carbons (Fsp3) is 0.0263. The smallest absolute Gasteiger partial charge is 0.611 e. The van der Waals surface area contributed by atoms with E-state index in [1.807, 2.05) is 31.1 Å². The van der Waals surface area contributed by atoms with Gasteiger partial charge in [0.1, 0.15) is 6.79 Å². The monoisotopic (exact) mass is 562 g/mol. The van der Waals surface area contributed by atoms with Gasteiger partial charge < -0.3 is 12.4 Å². The molecule has 0 unspecified atom stereocenters. The Morgan fingerprint density at radius 2 is 0.619 bits per heavy atom. The number of hydrogen-bond acceptors (Lipinski definition) is 3. The van der Waals surface area contributed by atoms with Crippen LogP contribution in [0.2, 0.25) is 5.79 Å². The summed E-state index contributed by atoms with van der Waals surface area (Å²) in [4.78, 5) is 8.00. The highest BCUT2D eigenvalue weighted by atomic mass is 27.2. The molecule has 0 aromatic heterocycles. The molecule has 0 fully saturated rings. The molecule has 0 aliphatic rings. The summed E-state index contributed by atoms with van der Waals surface area (Å²) in [5.41, 5.74) is 8.71. The Hall–Kier alpha value is -4.88. The van der Waals surface area contributed by atoms with E-state index in [2.05, 4.69) is 139 Å². The maximum absolute atomic E-state index is 8.00. The average Bonchev–Trinajstić information content (AvgIpc) is 3.07. The highest BCUT2D eigenvalue weighted by Crippen LogP contribution is 2.42. The van der Waals surface area contributed by atoms with Crippen molar-refractivity contribution in [2.75, 3.05) is 0 Å². The lowest BCUT2D eigenvalue weighted by Crippen LogP contribution is -2.27. The van der Waals surface area contributed by atoms with Gasteiger partial charge in [-0.25, -0.2) is 0 Å². The van der Waals surface area contributed by atoms with Gasteiger partial charge in [0.25, 0.3) is 0 Å². The van der Waals surface area contributed by atoms with Crippen molar-refractivity contribution in [1.82, 2.24) is 0 Å². The van der Waals surface area contributed by atoms with Crippen molar-refractivity contribution in [2.45, 2.75) is 5.79 Å². The first-order valence-electron chi connectivity index (χ1n) is 13.9. The molecule has 0 aliphatic carbocycles. The maximum atomic E-state index is 8.00. The second kappa shape index (κ2) is 14.1. The van der Waals surface area contributed by atoms with Gasteiger partial charge in [-0.1, -0.05) is 158 Å². The van der Waals surface area contributed by atoms with Crippen LogP contribution in [0.15, 0.2) is 158 Å². The van der Waals surface area contributed by atoms with Crippen LogP contribution in [0.25, 0.3) is 44.5 Å². The molecule has 6 aromatic carbocycles. The van der Waals surface area contributed by atoms with Gasteiger partial charge in [-0.05, 0) is 28.0 Å². The number of rotatable bonds is 8. The zero-order valence-electron chi connectivity index (χ0n) is 23.5. The summed E-state index contributed by atoms with van der Waals surface area (Å²) in [5.74, 6) is 3.82. The van der Waals surface area contributed by atoms with Gasteiger partial charge in [0, 0.05) is 22.3 Å².